The molecule has 2 fully saturated rings. The molecular weight excluding hydrogens is 250 g/mol. The van der Waals surface area contributed by atoms with Crippen molar-refractivity contribution < 1.29 is 9.84 Å². The van der Waals surface area contributed by atoms with Gasteiger partial charge in [-0.15, -0.1) is 0 Å². The fraction of sp³-hybridized carbons (Fsp3) is 0.647. The van der Waals surface area contributed by atoms with E-state index < -0.39 is 0 Å². The molecule has 0 amide bonds. The van der Waals surface area contributed by atoms with Crippen LogP contribution in [0.1, 0.15) is 31.2 Å². The number of nitrogens with zero attached hydrogens (tertiary/aromatic N) is 1. The first-order chi connectivity index (χ1) is 9.69. The minimum Gasteiger partial charge on any atom is -0.391 e. The van der Waals surface area contributed by atoms with E-state index >= 15 is 0 Å². The molecule has 110 valence electrons. The first kappa shape index (κ1) is 14.1. The number of hydrogen-bond donors (Lipinski definition) is 1. The lowest BCUT2D eigenvalue weighted by atomic mass is 9.70. The molecule has 0 aromatic heterocycles. The maximum atomic E-state index is 10.4. The normalized spacial score (nSPS) is 34.0. The summed E-state index contributed by atoms with van der Waals surface area (Å²) in [5.74, 6) is 0. The lowest BCUT2D eigenvalue weighted by molar-refractivity contribution is -0.0239. The summed E-state index contributed by atoms with van der Waals surface area (Å²) >= 11 is 0. The molecule has 1 saturated carbocycles. The number of hydrogen-bond acceptors (Lipinski definition) is 3. The number of benzene rings is 1. The van der Waals surface area contributed by atoms with Crippen molar-refractivity contribution in [1.82, 2.24) is 4.90 Å². The zero-order valence-electron chi connectivity index (χ0n) is 12.3. The summed E-state index contributed by atoms with van der Waals surface area (Å²) in [6.45, 7) is 2.68. The van der Waals surface area contributed by atoms with Crippen molar-refractivity contribution in [1.29, 1.82) is 0 Å². The monoisotopic (exact) mass is 275 g/mol. The maximum absolute atomic E-state index is 10.4. The molecule has 0 radical (unpaired) electrons. The van der Waals surface area contributed by atoms with E-state index in [1.54, 1.807) is 0 Å². The van der Waals surface area contributed by atoms with Crippen molar-refractivity contribution in [3.05, 3.63) is 35.9 Å². The summed E-state index contributed by atoms with van der Waals surface area (Å²) in [7, 11) is 2.13. The average Bonchev–Trinajstić information content (AvgIpc) is 2.91. The van der Waals surface area contributed by atoms with Crippen LogP contribution in [0.5, 0.6) is 0 Å². The number of aliphatic hydroxyl groups is 1. The van der Waals surface area contributed by atoms with Gasteiger partial charge in [0.2, 0.25) is 0 Å². The molecule has 1 aromatic rings. The van der Waals surface area contributed by atoms with E-state index in [4.69, 9.17) is 4.74 Å². The van der Waals surface area contributed by atoms with Crippen molar-refractivity contribution in [2.24, 2.45) is 5.41 Å². The van der Waals surface area contributed by atoms with Gasteiger partial charge in [-0.25, -0.2) is 0 Å². The third-order valence-electron chi connectivity index (χ3n) is 5.08. The molecule has 3 heteroatoms. The number of aliphatic hydroxyl groups excluding tert-OH is 1. The quantitative estimate of drug-likeness (QED) is 0.919. The SMILES string of the molecule is CN(Cc1ccccc1)[C@H]1C[C@@]2(CCOC2)CCC1O. The molecule has 1 aliphatic heterocycles. The highest BCUT2D eigenvalue weighted by Crippen LogP contribution is 2.44. The van der Waals surface area contributed by atoms with E-state index in [0.29, 0.717) is 5.41 Å². The van der Waals surface area contributed by atoms with Gasteiger partial charge < -0.3 is 9.84 Å². The van der Waals surface area contributed by atoms with Crippen LogP contribution in [-0.4, -0.2) is 42.4 Å². The molecule has 2 aliphatic rings. The van der Waals surface area contributed by atoms with Gasteiger partial charge in [-0.1, -0.05) is 30.3 Å². The van der Waals surface area contributed by atoms with E-state index in [-0.39, 0.29) is 12.1 Å². The minimum atomic E-state index is -0.199. The van der Waals surface area contributed by atoms with Crippen molar-refractivity contribution >= 4 is 0 Å². The Hall–Kier alpha value is -0.900. The molecule has 1 spiro atoms. The summed E-state index contributed by atoms with van der Waals surface area (Å²) in [5.41, 5.74) is 1.64. The van der Waals surface area contributed by atoms with E-state index in [1.807, 2.05) is 6.07 Å². The van der Waals surface area contributed by atoms with Crippen LogP contribution in [0.4, 0.5) is 0 Å². The Morgan fingerprint density at radius 1 is 1.30 bits per heavy atom. The molecule has 1 unspecified atom stereocenters. The van der Waals surface area contributed by atoms with E-state index in [0.717, 1.165) is 45.4 Å². The molecule has 1 saturated heterocycles. The molecule has 0 bridgehead atoms. The van der Waals surface area contributed by atoms with Gasteiger partial charge in [-0.2, -0.15) is 0 Å². The highest BCUT2D eigenvalue weighted by atomic mass is 16.5. The number of rotatable bonds is 3. The van der Waals surface area contributed by atoms with E-state index in [1.165, 1.54) is 5.56 Å². The third kappa shape index (κ3) is 2.90. The Kier molecular flexibility index (Phi) is 4.11. The Morgan fingerprint density at radius 3 is 2.80 bits per heavy atom. The predicted molar refractivity (Wildman–Crippen MR) is 79.4 cm³/mol. The molecule has 3 atom stereocenters. The van der Waals surface area contributed by atoms with Crippen LogP contribution >= 0.6 is 0 Å². The van der Waals surface area contributed by atoms with Crippen LogP contribution in [-0.2, 0) is 11.3 Å². The zero-order valence-corrected chi connectivity index (χ0v) is 12.3. The van der Waals surface area contributed by atoms with Gasteiger partial charge in [-0.3, -0.25) is 4.90 Å². The van der Waals surface area contributed by atoms with Gasteiger partial charge in [0.15, 0.2) is 0 Å². The second-order valence-electron chi connectivity index (χ2n) is 6.58. The largest absolute Gasteiger partial charge is 0.391 e. The second-order valence-corrected chi connectivity index (χ2v) is 6.58. The topological polar surface area (TPSA) is 32.7 Å². The number of ether oxygens (including phenoxy) is 1. The standard InChI is InChI=1S/C17H25NO2/c1-18(12-14-5-3-2-4-6-14)15-11-17(8-7-16(15)19)9-10-20-13-17/h2-6,15-16,19H,7-13H2,1H3/t15-,16?,17-/m0/s1. The van der Waals surface area contributed by atoms with Crippen molar-refractivity contribution in [2.45, 2.75) is 44.4 Å². The summed E-state index contributed by atoms with van der Waals surface area (Å²) in [6, 6.07) is 10.8. The molecular formula is C17H25NO2. The number of likely N-dealkylation sites (N-methyl/N-ethyl adjacent to an activating group) is 1. The van der Waals surface area contributed by atoms with Gasteiger partial charge in [0.25, 0.3) is 0 Å². The third-order valence-corrected chi connectivity index (χ3v) is 5.08. The lowest BCUT2D eigenvalue weighted by Gasteiger charge is -2.43. The Balaban J connectivity index is 1.67. The Bertz CT molecular complexity index is 428. The zero-order chi connectivity index (χ0) is 14.0. The van der Waals surface area contributed by atoms with E-state index in [2.05, 4.69) is 36.2 Å². The lowest BCUT2D eigenvalue weighted by Crippen LogP contribution is -2.49. The highest BCUT2D eigenvalue weighted by Gasteiger charge is 2.43. The average molecular weight is 275 g/mol. The molecule has 1 heterocycles. The smallest absolute Gasteiger partial charge is 0.0695 e. The van der Waals surface area contributed by atoms with Crippen molar-refractivity contribution in [3.63, 3.8) is 0 Å². The van der Waals surface area contributed by atoms with Crippen LogP contribution in [0, 0.1) is 5.41 Å². The van der Waals surface area contributed by atoms with E-state index in [9.17, 15) is 5.11 Å². The van der Waals surface area contributed by atoms with Gasteiger partial charge >= 0.3 is 0 Å². The van der Waals surface area contributed by atoms with Crippen LogP contribution in [0.25, 0.3) is 0 Å². The van der Waals surface area contributed by atoms with Gasteiger partial charge in [-0.05, 0) is 43.7 Å². The molecule has 1 N–H and O–H groups in total. The minimum absolute atomic E-state index is 0.199. The van der Waals surface area contributed by atoms with Crippen LogP contribution in [0.15, 0.2) is 30.3 Å². The summed E-state index contributed by atoms with van der Waals surface area (Å²) < 4.78 is 5.62. The first-order valence-electron chi connectivity index (χ1n) is 7.69. The first-order valence-corrected chi connectivity index (χ1v) is 7.69. The highest BCUT2D eigenvalue weighted by molar-refractivity contribution is 5.14. The summed E-state index contributed by atoms with van der Waals surface area (Å²) in [4.78, 5) is 2.32. The van der Waals surface area contributed by atoms with Crippen LogP contribution in [0.3, 0.4) is 0 Å². The Morgan fingerprint density at radius 2 is 2.10 bits per heavy atom. The molecule has 3 rings (SSSR count). The van der Waals surface area contributed by atoms with Crippen molar-refractivity contribution in [2.75, 3.05) is 20.3 Å². The molecule has 3 nitrogen and oxygen atoms in total. The van der Waals surface area contributed by atoms with Gasteiger partial charge in [0.1, 0.15) is 0 Å². The predicted octanol–water partition coefficient (Wildman–Crippen LogP) is 2.44. The molecule has 1 aliphatic carbocycles. The second kappa shape index (κ2) is 5.84. The van der Waals surface area contributed by atoms with Crippen LogP contribution < -0.4 is 0 Å². The maximum Gasteiger partial charge on any atom is 0.0695 e. The molecule has 20 heavy (non-hydrogen) atoms. The fourth-order valence-electron chi connectivity index (χ4n) is 3.77. The molecule has 1 aromatic carbocycles. The van der Waals surface area contributed by atoms with Gasteiger partial charge in [0, 0.05) is 19.2 Å². The Labute approximate surface area is 121 Å². The summed E-state index contributed by atoms with van der Waals surface area (Å²) in [6.07, 6.45) is 4.05. The summed E-state index contributed by atoms with van der Waals surface area (Å²) in [5, 5.41) is 10.4. The van der Waals surface area contributed by atoms with Crippen LogP contribution in [0.2, 0.25) is 0 Å². The van der Waals surface area contributed by atoms with Gasteiger partial charge in [0.05, 0.1) is 12.7 Å². The van der Waals surface area contributed by atoms with Crippen molar-refractivity contribution in [3.8, 4) is 0 Å². The fourth-order valence-corrected chi connectivity index (χ4v) is 3.77.